The summed E-state index contributed by atoms with van der Waals surface area (Å²) in [5, 5.41) is 8.92. The second-order valence-electron chi connectivity index (χ2n) is 4.03. The number of anilines is 1. The monoisotopic (exact) mass is 253 g/mol. The van der Waals surface area contributed by atoms with Gasteiger partial charge in [-0.1, -0.05) is 0 Å². The third-order valence-corrected chi connectivity index (χ3v) is 2.35. The molecule has 1 aromatic rings. The van der Waals surface area contributed by atoms with Crippen LogP contribution in [0.25, 0.3) is 0 Å². The van der Waals surface area contributed by atoms with Crippen molar-refractivity contribution < 1.29 is 14.6 Å². The van der Waals surface area contributed by atoms with E-state index in [-0.39, 0.29) is 17.7 Å². The number of nitrogens with zero attached hydrogens (tertiary/aromatic N) is 3. The van der Waals surface area contributed by atoms with E-state index in [0.717, 1.165) is 13.1 Å². The normalized spacial score (nSPS) is 10.5. The third-order valence-electron chi connectivity index (χ3n) is 2.35. The summed E-state index contributed by atoms with van der Waals surface area (Å²) in [5.74, 6) is -0.255. The molecule has 0 aliphatic carbocycles. The lowest BCUT2D eigenvalue weighted by molar-refractivity contribution is 0.0688. The largest absolute Gasteiger partial charge is 0.476 e. The van der Waals surface area contributed by atoms with Gasteiger partial charge < -0.3 is 14.7 Å². The number of carbonyl (C=O) groups is 1. The highest BCUT2D eigenvalue weighted by atomic mass is 16.5. The first kappa shape index (κ1) is 14.2. The van der Waals surface area contributed by atoms with Crippen molar-refractivity contribution in [3.05, 3.63) is 11.9 Å². The Bertz CT molecular complexity index is 417. The minimum Gasteiger partial charge on any atom is -0.476 e. The van der Waals surface area contributed by atoms with Gasteiger partial charge in [-0.05, 0) is 27.7 Å². The van der Waals surface area contributed by atoms with Gasteiger partial charge in [0.2, 0.25) is 0 Å². The summed E-state index contributed by atoms with van der Waals surface area (Å²) in [6.07, 6.45) is 1.17. The molecule has 0 saturated carbocycles. The number of carboxylic acids is 1. The molecule has 0 bridgehead atoms. The number of aromatic carboxylic acids is 1. The van der Waals surface area contributed by atoms with Gasteiger partial charge in [-0.25, -0.2) is 14.8 Å². The van der Waals surface area contributed by atoms with E-state index in [4.69, 9.17) is 9.84 Å². The predicted octanol–water partition coefficient (Wildman–Crippen LogP) is 1.81. The first-order valence-corrected chi connectivity index (χ1v) is 6.01. The molecule has 1 rings (SSSR count). The van der Waals surface area contributed by atoms with Crippen molar-refractivity contribution in [1.29, 1.82) is 0 Å². The van der Waals surface area contributed by atoms with Crippen LogP contribution in [0.15, 0.2) is 6.20 Å². The fourth-order valence-electron chi connectivity index (χ4n) is 1.51. The van der Waals surface area contributed by atoms with Crippen LogP contribution in [0.3, 0.4) is 0 Å². The van der Waals surface area contributed by atoms with Crippen LogP contribution < -0.4 is 9.64 Å². The summed E-state index contributed by atoms with van der Waals surface area (Å²) < 4.78 is 5.54. The van der Waals surface area contributed by atoms with Gasteiger partial charge >= 0.3 is 5.97 Å². The van der Waals surface area contributed by atoms with E-state index in [1.54, 1.807) is 0 Å². The van der Waals surface area contributed by atoms with Gasteiger partial charge in [0.05, 0.1) is 12.3 Å². The Morgan fingerprint density at radius 2 is 2.06 bits per heavy atom. The summed E-state index contributed by atoms with van der Waals surface area (Å²) >= 11 is 0. The molecule has 18 heavy (non-hydrogen) atoms. The Balaban J connectivity index is 3.19. The van der Waals surface area contributed by atoms with E-state index >= 15 is 0 Å². The second-order valence-corrected chi connectivity index (χ2v) is 4.03. The Hall–Kier alpha value is -1.85. The van der Waals surface area contributed by atoms with E-state index in [1.165, 1.54) is 6.20 Å². The summed E-state index contributed by atoms with van der Waals surface area (Å²) in [6, 6.07) is 0. The van der Waals surface area contributed by atoms with Crippen LogP contribution in [0.4, 0.5) is 5.82 Å². The topological polar surface area (TPSA) is 75.6 Å². The zero-order chi connectivity index (χ0) is 13.7. The van der Waals surface area contributed by atoms with Crippen LogP contribution >= 0.6 is 0 Å². The molecule has 0 atom stereocenters. The maximum absolute atomic E-state index is 10.9. The van der Waals surface area contributed by atoms with Crippen LogP contribution in [0.5, 0.6) is 5.88 Å². The molecule has 0 saturated heterocycles. The lowest BCUT2D eigenvalue weighted by Gasteiger charge is -2.22. The highest BCUT2D eigenvalue weighted by molar-refractivity contribution is 5.85. The summed E-state index contributed by atoms with van der Waals surface area (Å²) in [6.45, 7) is 9.23. The Labute approximate surface area is 107 Å². The van der Waals surface area contributed by atoms with Gasteiger partial charge in [0.15, 0.2) is 11.5 Å². The van der Waals surface area contributed by atoms with Crippen LogP contribution in [-0.4, -0.2) is 40.2 Å². The minimum atomic E-state index is -1.11. The van der Waals surface area contributed by atoms with Crippen LogP contribution in [-0.2, 0) is 0 Å². The van der Waals surface area contributed by atoms with Crippen molar-refractivity contribution in [1.82, 2.24) is 9.97 Å². The quantitative estimate of drug-likeness (QED) is 0.833. The molecule has 0 amide bonds. The fraction of sp³-hybridized carbons (Fsp3) is 0.583. The first-order valence-electron chi connectivity index (χ1n) is 6.01. The summed E-state index contributed by atoms with van der Waals surface area (Å²) in [7, 11) is 0. The number of rotatable bonds is 6. The third kappa shape index (κ3) is 3.32. The molecule has 0 aromatic carbocycles. The van der Waals surface area contributed by atoms with Crippen molar-refractivity contribution in [2.45, 2.75) is 33.8 Å². The smallest absolute Gasteiger partial charge is 0.356 e. The van der Waals surface area contributed by atoms with Crippen molar-refractivity contribution >= 4 is 11.8 Å². The maximum Gasteiger partial charge on any atom is 0.356 e. The molecular weight excluding hydrogens is 234 g/mol. The van der Waals surface area contributed by atoms with Crippen molar-refractivity contribution in [3.63, 3.8) is 0 Å². The van der Waals surface area contributed by atoms with E-state index in [1.807, 2.05) is 32.6 Å². The number of hydrogen-bond acceptors (Lipinski definition) is 5. The van der Waals surface area contributed by atoms with E-state index in [0.29, 0.717) is 5.82 Å². The molecule has 0 aliphatic heterocycles. The van der Waals surface area contributed by atoms with Gasteiger partial charge in [-0.2, -0.15) is 0 Å². The Morgan fingerprint density at radius 1 is 1.44 bits per heavy atom. The number of aromatic nitrogens is 2. The van der Waals surface area contributed by atoms with Gasteiger partial charge in [0, 0.05) is 13.1 Å². The Morgan fingerprint density at radius 3 is 2.50 bits per heavy atom. The molecule has 0 spiro atoms. The predicted molar refractivity (Wildman–Crippen MR) is 68.3 cm³/mol. The van der Waals surface area contributed by atoms with Crippen molar-refractivity contribution in [2.24, 2.45) is 0 Å². The zero-order valence-electron chi connectivity index (χ0n) is 11.2. The zero-order valence-corrected chi connectivity index (χ0v) is 11.2. The van der Waals surface area contributed by atoms with Crippen LogP contribution in [0.1, 0.15) is 38.2 Å². The minimum absolute atomic E-state index is 0.0855. The highest BCUT2D eigenvalue weighted by Gasteiger charge is 2.17. The van der Waals surface area contributed by atoms with Gasteiger partial charge in [0.25, 0.3) is 5.88 Å². The molecule has 100 valence electrons. The molecule has 6 nitrogen and oxygen atoms in total. The fourth-order valence-corrected chi connectivity index (χ4v) is 1.51. The first-order chi connectivity index (χ1) is 8.49. The average molecular weight is 253 g/mol. The Kier molecular flexibility index (Phi) is 4.88. The average Bonchev–Trinajstić information content (AvgIpc) is 2.31. The molecule has 0 unspecified atom stereocenters. The summed E-state index contributed by atoms with van der Waals surface area (Å²) in [4.78, 5) is 21.0. The van der Waals surface area contributed by atoms with Gasteiger partial charge in [-0.3, -0.25) is 0 Å². The van der Waals surface area contributed by atoms with Crippen LogP contribution in [0, 0.1) is 0 Å². The van der Waals surface area contributed by atoms with E-state index in [9.17, 15) is 4.79 Å². The SMILES string of the molecule is CCN(CC)c1ncc(C(=O)O)nc1OC(C)C. The highest BCUT2D eigenvalue weighted by Crippen LogP contribution is 2.24. The van der Waals surface area contributed by atoms with Crippen molar-refractivity contribution in [3.8, 4) is 5.88 Å². The molecule has 1 aromatic heterocycles. The van der Waals surface area contributed by atoms with Gasteiger partial charge in [0.1, 0.15) is 0 Å². The molecule has 1 heterocycles. The van der Waals surface area contributed by atoms with E-state index < -0.39 is 5.97 Å². The molecule has 0 fully saturated rings. The lowest BCUT2D eigenvalue weighted by atomic mass is 10.4. The molecule has 0 radical (unpaired) electrons. The molecular formula is C12H19N3O3. The van der Waals surface area contributed by atoms with Crippen LogP contribution in [0.2, 0.25) is 0 Å². The number of carboxylic acid groups (broad SMARTS) is 1. The molecule has 1 N–H and O–H groups in total. The summed E-state index contributed by atoms with van der Waals surface area (Å²) in [5.41, 5.74) is -0.110. The molecule has 0 aliphatic rings. The molecule has 6 heteroatoms. The van der Waals surface area contributed by atoms with Crippen molar-refractivity contribution in [2.75, 3.05) is 18.0 Å². The number of hydrogen-bond donors (Lipinski definition) is 1. The number of ether oxygens (including phenoxy) is 1. The second kappa shape index (κ2) is 6.18. The van der Waals surface area contributed by atoms with E-state index in [2.05, 4.69) is 9.97 Å². The standard InChI is InChI=1S/C12H19N3O3/c1-5-15(6-2)10-11(18-8(3)4)14-9(7-13-10)12(16)17/h7-8H,5-6H2,1-4H3,(H,16,17). The maximum atomic E-state index is 10.9. The van der Waals surface area contributed by atoms with Gasteiger partial charge in [-0.15, -0.1) is 0 Å². The lowest BCUT2D eigenvalue weighted by Crippen LogP contribution is -2.25.